The summed E-state index contributed by atoms with van der Waals surface area (Å²) in [4.78, 5) is 19.3. The number of ether oxygens (including phenoxy) is 4. The summed E-state index contributed by atoms with van der Waals surface area (Å²) in [6, 6.07) is 6.61. The van der Waals surface area contributed by atoms with E-state index in [1.165, 1.54) is 63.5 Å². The molecule has 1 spiro atoms. The fourth-order valence-electron chi connectivity index (χ4n) is 10.7. The highest BCUT2D eigenvalue weighted by Crippen LogP contribution is 2.53. The number of methoxy groups -OCH3 is 1. The maximum atomic E-state index is 17.3. The number of phenolic OH excluding ortho intramolecular Hbond substituents is 1. The second kappa shape index (κ2) is 14.6. The summed E-state index contributed by atoms with van der Waals surface area (Å²) < 4.78 is 56.4. The van der Waals surface area contributed by atoms with Crippen LogP contribution < -0.4 is 14.4 Å². The van der Waals surface area contributed by atoms with Crippen LogP contribution in [0.5, 0.6) is 17.6 Å². The lowest BCUT2D eigenvalue weighted by molar-refractivity contribution is -0.0296. The number of pyridine rings is 1. The van der Waals surface area contributed by atoms with Crippen LogP contribution >= 0.6 is 0 Å². The predicted molar refractivity (Wildman–Crippen MR) is 206 cm³/mol. The standard InChI is InChI=1S/C43H49F2N5O5/c1-3-30-32(44)9-8-27-23-29(51)24-31(34(27)30)37-36(45)38-35(40(46-37)52-2)39(49-16-6-19-53-22-18-49)48-41(47-38)55-26-43-11-4-7-33(43)50(17-5-12-43)28-10-13-42(25-28)14-20-54-21-15-42/h1,8-9,23-24,28,33,51H,4-7,10-22,25-26H2,2H3. The fourth-order valence-corrected chi connectivity index (χ4v) is 10.7. The number of aromatic nitrogens is 3. The summed E-state index contributed by atoms with van der Waals surface area (Å²) in [5.74, 6) is 1.38. The van der Waals surface area contributed by atoms with Crippen molar-refractivity contribution in [2.45, 2.75) is 82.7 Å². The second-order valence-corrected chi connectivity index (χ2v) is 16.4. The van der Waals surface area contributed by atoms with Gasteiger partial charge in [0, 0.05) is 61.4 Å². The first-order chi connectivity index (χ1) is 26.8. The molecule has 2 saturated carbocycles. The van der Waals surface area contributed by atoms with Crippen LogP contribution in [-0.2, 0) is 9.47 Å². The minimum absolute atomic E-state index is 0.0411. The number of anilines is 1. The van der Waals surface area contributed by atoms with Gasteiger partial charge in [0.25, 0.3) is 0 Å². The first kappa shape index (κ1) is 36.3. The molecule has 2 aromatic carbocycles. The highest BCUT2D eigenvalue weighted by atomic mass is 19.1. The molecule has 2 aromatic heterocycles. The van der Waals surface area contributed by atoms with E-state index in [2.05, 4.69) is 15.8 Å². The molecule has 0 radical (unpaired) electrons. The van der Waals surface area contributed by atoms with Gasteiger partial charge in [-0.1, -0.05) is 18.4 Å². The molecule has 2 aliphatic carbocycles. The SMILES string of the molecule is C#Cc1c(F)ccc2cc(O)cc(-c3nc(OC)c4c(N5CCCOCC5)nc(OCC56CCCC5N(C5CCC7(CCOCC7)C5)CCC6)nc4c3F)c12. The molecule has 0 bridgehead atoms. The van der Waals surface area contributed by atoms with Gasteiger partial charge in [0.05, 0.1) is 25.9 Å². The van der Waals surface area contributed by atoms with Crippen LogP contribution in [0.2, 0.25) is 0 Å². The Morgan fingerprint density at radius 2 is 1.76 bits per heavy atom. The lowest BCUT2D eigenvalue weighted by atomic mass is 9.74. The van der Waals surface area contributed by atoms with Crippen molar-refractivity contribution in [1.82, 2.24) is 19.9 Å². The Morgan fingerprint density at radius 3 is 2.60 bits per heavy atom. The van der Waals surface area contributed by atoms with Crippen LogP contribution in [0.3, 0.4) is 0 Å². The molecule has 4 aromatic rings. The summed E-state index contributed by atoms with van der Waals surface area (Å²) >= 11 is 0. The molecule has 9 rings (SSSR count). The average molecular weight is 754 g/mol. The summed E-state index contributed by atoms with van der Waals surface area (Å²) in [6.45, 7) is 5.54. The highest BCUT2D eigenvalue weighted by Gasteiger charge is 2.52. The fraction of sp³-hybridized carbons (Fsp3) is 0.558. The van der Waals surface area contributed by atoms with E-state index in [1.54, 1.807) is 0 Å². The molecule has 290 valence electrons. The van der Waals surface area contributed by atoms with E-state index in [4.69, 9.17) is 35.3 Å². The molecular formula is C43H49F2N5O5. The number of benzene rings is 2. The average Bonchev–Trinajstić information content (AvgIpc) is 3.71. The summed E-state index contributed by atoms with van der Waals surface area (Å²) in [5, 5.41) is 11.7. The van der Waals surface area contributed by atoms with Gasteiger partial charge in [0.2, 0.25) is 5.88 Å². The van der Waals surface area contributed by atoms with Crippen molar-refractivity contribution < 1.29 is 32.8 Å². The number of fused-ring (bicyclic) bond motifs is 3. The molecular weight excluding hydrogens is 704 g/mol. The zero-order chi connectivity index (χ0) is 37.7. The Labute approximate surface area is 320 Å². The third-order valence-electron chi connectivity index (χ3n) is 13.4. The van der Waals surface area contributed by atoms with Crippen molar-refractivity contribution in [1.29, 1.82) is 0 Å². The highest BCUT2D eigenvalue weighted by molar-refractivity contribution is 6.04. The number of phenols is 1. The minimum atomic E-state index is -0.779. The normalized spacial score (nSPS) is 25.6. The molecule has 5 aliphatic rings. The number of hydrogen-bond donors (Lipinski definition) is 1. The topological polar surface area (TPSA) is 102 Å². The predicted octanol–water partition coefficient (Wildman–Crippen LogP) is 7.41. The van der Waals surface area contributed by atoms with Crippen molar-refractivity contribution in [3.05, 3.63) is 41.5 Å². The Hall–Kier alpha value is -4.31. The number of aromatic hydroxyl groups is 1. The lowest BCUT2D eigenvalue weighted by Crippen LogP contribution is -2.55. The molecule has 5 fully saturated rings. The quantitative estimate of drug-likeness (QED) is 0.192. The molecule has 55 heavy (non-hydrogen) atoms. The first-order valence-corrected chi connectivity index (χ1v) is 20.0. The zero-order valence-electron chi connectivity index (χ0n) is 31.5. The van der Waals surface area contributed by atoms with Gasteiger partial charge in [-0.05, 0) is 99.8 Å². The summed E-state index contributed by atoms with van der Waals surface area (Å²) in [6.07, 6.45) is 18.2. The van der Waals surface area contributed by atoms with E-state index < -0.39 is 11.6 Å². The van der Waals surface area contributed by atoms with Gasteiger partial charge in [0.1, 0.15) is 34.0 Å². The number of nitrogens with zero attached hydrogens (tertiary/aromatic N) is 5. The first-order valence-electron chi connectivity index (χ1n) is 20.0. The Balaban J connectivity index is 1.12. The smallest absolute Gasteiger partial charge is 0.319 e. The van der Waals surface area contributed by atoms with E-state index in [0.29, 0.717) is 67.0 Å². The van der Waals surface area contributed by atoms with Crippen LogP contribution in [0.1, 0.15) is 76.2 Å². The monoisotopic (exact) mass is 753 g/mol. The molecule has 3 atom stereocenters. The van der Waals surface area contributed by atoms with Gasteiger partial charge in [0.15, 0.2) is 5.82 Å². The second-order valence-electron chi connectivity index (χ2n) is 16.4. The van der Waals surface area contributed by atoms with Gasteiger partial charge in [-0.2, -0.15) is 9.97 Å². The van der Waals surface area contributed by atoms with E-state index >= 15 is 8.78 Å². The number of rotatable bonds is 7. The number of halogens is 2. The summed E-state index contributed by atoms with van der Waals surface area (Å²) in [5.41, 5.74) is 0.215. The third-order valence-corrected chi connectivity index (χ3v) is 13.4. The minimum Gasteiger partial charge on any atom is -0.508 e. The van der Waals surface area contributed by atoms with Gasteiger partial charge in [-0.25, -0.2) is 13.8 Å². The number of piperidine rings is 1. The van der Waals surface area contributed by atoms with Gasteiger partial charge < -0.3 is 29.0 Å². The number of likely N-dealkylation sites (tertiary alicyclic amines) is 1. The van der Waals surface area contributed by atoms with Crippen LogP contribution in [0, 0.1) is 34.8 Å². The molecule has 3 aliphatic heterocycles. The molecule has 3 saturated heterocycles. The van der Waals surface area contributed by atoms with Gasteiger partial charge in [-0.3, -0.25) is 4.90 Å². The van der Waals surface area contributed by atoms with E-state index in [9.17, 15) is 5.11 Å². The molecule has 12 heteroatoms. The zero-order valence-corrected chi connectivity index (χ0v) is 31.5. The third kappa shape index (κ3) is 6.42. The maximum Gasteiger partial charge on any atom is 0.319 e. The van der Waals surface area contributed by atoms with Crippen molar-refractivity contribution in [2.24, 2.45) is 10.8 Å². The molecule has 10 nitrogen and oxygen atoms in total. The molecule has 1 N–H and O–H groups in total. The van der Waals surface area contributed by atoms with Crippen LogP contribution in [0.15, 0.2) is 24.3 Å². The molecule has 3 unspecified atom stereocenters. The van der Waals surface area contributed by atoms with Crippen molar-refractivity contribution in [2.75, 3.05) is 64.7 Å². The molecule has 5 heterocycles. The van der Waals surface area contributed by atoms with Crippen LogP contribution in [0.4, 0.5) is 14.6 Å². The van der Waals surface area contributed by atoms with E-state index in [-0.39, 0.29) is 50.8 Å². The lowest BCUT2D eigenvalue weighted by Gasteiger charge is -2.49. The number of hydrogen-bond acceptors (Lipinski definition) is 10. The van der Waals surface area contributed by atoms with E-state index in [0.717, 1.165) is 58.3 Å². The van der Waals surface area contributed by atoms with Crippen molar-refractivity contribution >= 4 is 27.5 Å². The van der Waals surface area contributed by atoms with Gasteiger partial charge in [-0.15, -0.1) is 6.42 Å². The Bertz CT molecular complexity index is 2150. The van der Waals surface area contributed by atoms with Crippen molar-refractivity contribution in [3.8, 4) is 41.2 Å². The number of terminal acetylenes is 1. The summed E-state index contributed by atoms with van der Waals surface area (Å²) in [7, 11) is 1.46. The Kier molecular flexibility index (Phi) is 9.67. The van der Waals surface area contributed by atoms with Gasteiger partial charge >= 0.3 is 6.01 Å². The van der Waals surface area contributed by atoms with Crippen LogP contribution in [-0.4, -0.2) is 96.8 Å². The van der Waals surface area contributed by atoms with Crippen molar-refractivity contribution in [3.63, 3.8) is 0 Å². The molecule has 0 amide bonds. The largest absolute Gasteiger partial charge is 0.508 e. The van der Waals surface area contributed by atoms with E-state index in [1.807, 2.05) is 4.90 Å². The van der Waals surface area contributed by atoms with Crippen LogP contribution in [0.25, 0.3) is 32.9 Å². The Morgan fingerprint density at radius 1 is 0.927 bits per heavy atom. The maximum absolute atomic E-state index is 17.3.